The Kier molecular flexibility index (Phi) is 3.02. The molecule has 0 fully saturated rings. The molecular formula is C10H9BrN2O2S. The van der Waals surface area contributed by atoms with Gasteiger partial charge in [-0.3, -0.25) is 0 Å². The van der Waals surface area contributed by atoms with Crippen LogP contribution in [0.1, 0.15) is 0 Å². The summed E-state index contributed by atoms with van der Waals surface area (Å²) >= 11 is 1.46. The van der Waals surface area contributed by atoms with Gasteiger partial charge in [0.05, 0.1) is 4.88 Å². The number of halogens is 1. The molecule has 1 aromatic heterocycles. The highest BCUT2D eigenvalue weighted by Crippen LogP contribution is 2.37. The quantitative estimate of drug-likeness (QED) is 0.880. The molecule has 4 nitrogen and oxygen atoms in total. The number of nitrogens with two attached hydrogens (primary N) is 1. The van der Waals surface area contributed by atoms with Crippen molar-refractivity contribution in [3.8, 4) is 21.9 Å². The van der Waals surface area contributed by atoms with Crippen molar-refractivity contribution in [3.05, 3.63) is 24.4 Å². The SMILES string of the molecule is Br.Nc1ncc(-c2ccc3c(c2)OCO3)s1. The van der Waals surface area contributed by atoms with Crippen LogP contribution in [0.2, 0.25) is 0 Å². The van der Waals surface area contributed by atoms with E-state index in [0.717, 1.165) is 21.9 Å². The minimum absolute atomic E-state index is 0. The molecule has 0 spiro atoms. The fraction of sp³-hybridized carbons (Fsp3) is 0.100. The molecule has 0 saturated heterocycles. The van der Waals surface area contributed by atoms with Crippen molar-refractivity contribution in [3.63, 3.8) is 0 Å². The first kappa shape index (κ1) is 11.2. The van der Waals surface area contributed by atoms with Gasteiger partial charge in [-0.05, 0) is 23.8 Å². The number of rotatable bonds is 1. The van der Waals surface area contributed by atoms with Gasteiger partial charge in [0.2, 0.25) is 6.79 Å². The van der Waals surface area contributed by atoms with Gasteiger partial charge >= 0.3 is 0 Å². The van der Waals surface area contributed by atoms with Crippen LogP contribution in [0.3, 0.4) is 0 Å². The molecule has 84 valence electrons. The Morgan fingerprint density at radius 1 is 1.25 bits per heavy atom. The third-order valence-electron chi connectivity index (χ3n) is 2.18. The molecule has 16 heavy (non-hydrogen) atoms. The second-order valence-corrected chi connectivity index (χ2v) is 4.19. The zero-order valence-electron chi connectivity index (χ0n) is 8.17. The van der Waals surface area contributed by atoms with Gasteiger partial charge in [-0.25, -0.2) is 4.98 Å². The van der Waals surface area contributed by atoms with Crippen molar-refractivity contribution in [2.45, 2.75) is 0 Å². The molecule has 0 amide bonds. The van der Waals surface area contributed by atoms with Crippen molar-refractivity contribution < 1.29 is 9.47 Å². The predicted molar refractivity (Wildman–Crippen MR) is 68.4 cm³/mol. The van der Waals surface area contributed by atoms with Crippen LogP contribution in [-0.4, -0.2) is 11.8 Å². The minimum Gasteiger partial charge on any atom is -0.454 e. The van der Waals surface area contributed by atoms with Gasteiger partial charge in [-0.15, -0.1) is 17.0 Å². The highest BCUT2D eigenvalue weighted by Gasteiger charge is 2.14. The molecular weight excluding hydrogens is 292 g/mol. The van der Waals surface area contributed by atoms with Gasteiger partial charge in [0.15, 0.2) is 16.6 Å². The third-order valence-corrected chi connectivity index (χ3v) is 3.06. The summed E-state index contributed by atoms with van der Waals surface area (Å²) in [5.41, 5.74) is 6.63. The molecule has 1 aliphatic rings. The molecule has 0 radical (unpaired) electrons. The van der Waals surface area contributed by atoms with E-state index >= 15 is 0 Å². The number of nitrogen functional groups attached to an aromatic ring is 1. The standard InChI is InChI=1S/C10H8N2O2S.BrH/c11-10-12-4-9(15-10)6-1-2-7-8(3-6)14-5-13-7;/h1-4H,5H2,(H2,11,12);1H. The van der Waals surface area contributed by atoms with Crippen molar-refractivity contribution in [2.75, 3.05) is 12.5 Å². The number of aromatic nitrogens is 1. The molecule has 3 rings (SSSR count). The van der Waals surface area contributed by atoms with E-state index in [0.29, 0.717) is 11.9 Å². The van der Waals surface area contributed by atoms with Crippen LogP contribution in [0, 0.1) is 0 Å². The average molecular weight is 301 g/mol. The zero-order valence-corrected chi connectivity index (χ0v) is 10.7. The number of fused-ring (bicyclic) bond motifs is 1. The Balaban J connectivity index is 0.000000963. The fourth-order valence-corrected chi connectivity index (χ4v) is 2.15. The maximum atomic E-state index is 5.58. The Morgan fingerprint density at radius 2 is 2.06 bits per heavy atom. The van der Waals surface area contributed by atoms with Gasteiger partial charge in [-0.2, -0.15) is 0 Å². The van der Waals surface area contributed by atoms with E-state index < -0.39 is 0 Å². The topological polar surface area (TPSA) is 57.4 Å². The van der Waals surface area contributed by atoms with Crippen molar-refractivity contribution in [1.29, 1.82) is 0 Å². The monoisotopic (exact) mass is 300 g/mol. The summed E-state index contributed by atoms with van der Waals surface area (Å²) in [7, 11) is 0. The maximum absolute atomic E-state index is 5.58. The second-order valence-electron chi connectivity index (χ2n) is 3.13. The number of anilines is 1. The number of ether oxygens (including phenoxy) is 2. The lowest BCUT2D eigenvalue weighted by molar-refractivity contribution is 0.174. The third kappa shape index (κ3) is 1.85. The molecule has 2 heterocycles. The van der Waals surface area contributed by atoms with Crippen LogP contribution in [0.4, 0.5) is 5.13 Å². The molecule has 0 atom stereocenters. The van der Waals surface area contributed by atoms with Gasteiger partial charge in [-0.1, -0.05) is 11.3 Å². The largest absolute Gasteiger partial charge is 0.454 e. The molecule has 0 saturated carbocycles. The fourth-order valence-electron chi connectivity index (χ4n) is 1.47. The molecule has 1 aromatic carbocycles. The van der Waals surface area contributed by atoms with Crippen LogP contribution in [-0.2, 0) is 0 Å². The molecule has 1 aliphatic heterocycles. The highest BCUT2D eigenvalue weighted by atomic mass is 79.9. The molecule has 0 unspecified atom stereocenters. The second kappa shape index (κ2) is 4.31. The summed E-state index contributed by atoms with van der Waals surface area (Å²) in [6.07, 6.45) is 1.76. The maximum Gasteiger partial charge on any atom is 0.231 e. The Morgan fingerprint density at radius 3 is 2.81 bits per heavy atom. The normalized spacial score (nSPS) is 12.2. The lowest BCUT2D eigenvalue weighted by Crippen LogP contribution is -1.92. The smallest absolute Gasteiger partial charge is 0.231 e. The Hall–Kier alpha value is -1.27. The number of nitrogens with zero attached hydrogens (tertiary/aromatic N) is 1. The van der Waals surface area contributed by atoms with E-state index in [9.17, 15) is 0 Å². The van der Waals surface area contributed by atoms with Gasteiger partial charge in [0.1, 0.15) is 0 Å². The van der Waals surface area contributed by atoms with Crippen LogP contribution in [0.25, 0.3) is 10.4 Å². The van der Waals surface area contributed by atoms with Crippen LogP contribution < -0.4 is 15.2 Å². The predicted octanol–water partition coefficient (Wildman–Crippen LogP) is 2.70. The summed E-state index contributed by atoms with van der Waals surface area (Å²) in [5, 5.41) is 0.572. The summed E-state index contributed by atoms with van der Waals surface area (Å²) < 4.78 is 10.5. The minimum atomic E-state index is 0. The number of thiazole rings is 1. The highest BCUT2D eigenvalue weighted by molar-refractivity contribution is 8.93. The first-order valence-corrected chi connectivity index (χ1v) is 5.26. The molecule has 2 N–H and O–H groups in total. The van der Waals surface area contributed by atoms with Crippen LogP contribution in [0.15, 0.2) is 24.4 Å². The van der Waals surface area contributed by atoms with Crippen molar-refractivity contribution in [2.24, 2.45) is 0 Å². The molecule has 6 heteroatoms. The summed E-state index contributed by atoms with van der Waals surface area (Å²) in [4.78, 5) is 5.04. The zero-order chi connectivity index (χ0) is 10.3. The number of benzene rings is 1. The number of hydrogen-bond donors (Lipinski definition) is 1. The lowest BCUT2D eigenvalue weighted by atomic mass is 10.2. The summed E-state index contributed by atoms with van der Waals surface area (Å²) in [6, 6.07) is 5.81. The summed E-state index contributed by atoms with van der Waals surface area (Å²) in [5.74, 6) is 1.57. The summed E-state index contributed by atoms with van der Waals surface area (Å²) in [6.45, 7) is 0.295. The van der Waals surface area contributed by atoms with Crippen LogP contribution in [0.5, 0.6) is 11.5 Å². The van der Waals surface area contributed by atoms with Crippen molar-refractivity contribution >= 4 is 33.4 Å². The number of hydrogen-bond acceptors (Lipinski definition) is 5. The van der Waals surface area contributed by atoms with Crippen molar-refractivity contribution in [1.82, 2.24) is 4.98 Å². The Bertz CT molecular complexity index is 515. The lowest BCUT2D eigenvalue weighted by Gasteiger charge is -1.98. The van der Waals surface area contributed by atoms with E-state index in [-0.39, 0.29) is 17.0 Å². The van der Waals surface area contributed by atoms with E-state index in [1.165, 1.54) is 11.3 Å². The average Bonchev–Trinajstić information content (AvgIpc) is 2.84. The molecule has 0 aliphatic carbocycles. The first-order chi connectivity index (χ1) is 7.33. The van der Waals surface area contributed by atoms with E-state index in [2.05, 4.69) is 4.98 Å². The van der Waals surface area contributed by atoms with Gasteiger partial charge in [0, 0.05) is 6.20 Å². The van der Waals surface area contributed by atoms with E-state index in [4.69, 9.17) is 15.2 Å². The van der Waals surface area contributed by atoms with Gasteiger partial charge in [0.25, 0.3) is 0 Å². The molecule has 0 bridgehead atoms. The van der Waals surface area contributed by atoms with E-state index in [1.807, 2.05) is 18.2 Å². The molecule has 2 aromatic rings. The Labute approximate surface area is 107 Å². The van der Waals surface area contributed by atoms with E-state index in [1.54, 1.807) is 6.20 Å². The van der Waals surface area contributed by atoms with Crippen LogP contribution >= 0.6 is 28.3 Å². The van der Waals surface area contributed by atoms with Gasteiger partial charge < -0.3 is 15.2 Å². The first-order valence-electron chi connectivity index (χ1n) is 4.44.